The quantitative estimate of drug-likeness (QED) is 0.534. The second-order valence-corrected chi connectivity index (χ2v) is 7.14. The molecule has 0 saturated carbocycles. The summed E-state index contributed by atoms with van der Waals surface area (Å²) in [7, 11) is 0. The number of hydrogen-bond donors (Lipinski definition) is 2. The molecule has 0 spiro atoms. The van der Waals surface area contributed by atoms with E-state index in [1.165, 1.54) is 24.0 Å². The third kappa shape index (κ3) is 3.95. The van der Waals surface area contributed by atoms with Gasteiger partial charge in [0.25, 0.3) is 0 Å². The fourth-order valence-corrected chi connectivity index (χ4v) is 3.45. The van der Waals surface area contributed by atoms with Crippen molar-refractivity contribution >= 4 is 23.2 Å². The molecule has 0 fully saturated rings. The number of nitrogens with two attached hydrogens (primary N) is 1. The minimum atomic E-state index is 0.373. The third-order valence-electron chi connectivity index (χ3n) is 4.65. The Bertz CT molecular complexity index is 1010. The number of halogens is 1. The largest absolute Gasteiger partial charge is 0.370 e. The average Bonchev–Trinajstić information content (AvgIpc) is 3.29. The van der Waals surface area contributed by atoms with Gasteiger partial charge >= 0.3 is 0 Å². The number of guanidine groups is 1. The van der Waals surface area contributed by atoms with Crippen LogP contribution in [0, 0.1) is 6.92 Å². The molecular formula is C20H21ClN6. The zero-order valence-electron chi connectivity index (χ0n) is 15.1. The van der Waals surface area contributed by atoms with E-state index in [1.54, 1.807) is 17.1 Å². The van der Waals surface area contributed by atoms with Crippen molar-refractivity contribution in [2.45, 2.75) is 32.7 Å². The molecule has 0 radical (unpaired) electrons. The molecule has 4 rings (SSSR count). The molecule has 138 valence electrons. The van der Waals surface area contributed by atoms with Crippen molar-refractivity contribution in [1.29, 1.82) is 0 Å². The van der Waals surface area contributed by atoms with Gasteiger partial charge in [0.15, 0.2) is 11.8 Å². The molecule has 3 N–H and O–H groups in total. The van der Waals surface area contributed by atoms with Crippen molar-refractivity contribution in [3.63, 3.8) is 0 Å². The van der Waals surface area contributed by atoms with Crippen LogP contribution < -0.4 is 11.1 Å². The van der Waals surface area contributed by atoms with E-state index in [-0.39, 0.29) is 0 Å². The Kier molecular flexibility index (Phi) is 4.81. The monoisotopic (exact) mass is 380 g/mol. The van der Waals surface area contributed by atoms with Gasteiger partial charge in [-0.2, -0.15) is 5.10 Å². The van der Waals surface area contributed by atoms with Crippen LogP contribution in [-0.2, 0) is 19.4 Å². The molecule has 1 aliphatic rings. The lowest BCUT2D eigenvalue weighted by atomic mass is 10.1. The van der Waals surface area contributed by atoms with Gasteiger partial charge < -0.3 is 11.1 Å². The van der Waals surface area contributed by atoms with Crippen molar-refractivity contribution in [3.8, 4) is 5.82 Å². The standard InChI is InChI=1S/C20H21ClN6/c1-13-5-6-16(19(25-13)27-12-17(21)11-24-27)10-23-20(22)26-18-8-7-14-3-2-4-15(14)9-18/h5-9,11-12H,2-4,10H2,1H3,(H3,22,23,26). The minimum absolute atomic E-state index is 0.373. The first-order chi connectivity index (χ1) is 13.1. The summed E-state index contributed by atoms with van der Waals surface area (Å²) in [4.78, 5) is 9.04. The summed E-state index contributed by atoms with van der Waals surface area (Å²) in [6.45, 7) is 2.33. The van der Waals surface area contributed by atoms with E-state index in [0.717, 1.165) is 23.4 Å². The predicted molar refractivity (Wildman–Crippen MR) is 109 cm³/mol. The number of aryl methyl sites for hydroxylation is 3. The summed E-state index contributed by atoms with van der Waals surface area (Å²) in [5, 5.41) is 7.98. The van der Waals surface area contributed by atoms with Crippen LogP contribution in [0.2, 0.25) is 5.02 Å². The van der Waals surface area contributed by atoms with Crippen LogP contribution in [0.1, 0.15) is 28.8 Å². The summed E-state index contributed by atoms with van der Waals surface area (Å²) in [5.41, 5.74) is 11.7. The Morgan fingerprint density at radius 2 is 2.11 bits per heavy atom. The first kappa shape index (κ1) is 17.5. The highest BCUT2D eigenvalue weighted by Crippen LogP contribution is 2.24. The molecule has 0 atom stereocenters. The predicted octanol–water partition coefficient (Wildman–Crippen LogP) is 3.64. The number of pyridine rings is 1. The zero-order chi connectivity index (χ0) is 18.8. The average molecular weight is 381 g/mol. The zero-order valence-corrected chi connectivity index (χ0v) is 15.9. The molecule has 0 aliphatic heterocycles. The summed E-state index contributed by atoms with van der Waals surface area (Å²) >= 11 is 5.99. The lowest BCUT2D eigenvalue weighted by molar-refractivity contribution is 0.817. The van der Waals surface area contributed by atoms with Crippen LogP contribution in [0.4, 0.5) is 5.69 Å². The molecular weight excluding hydrogens is 360 g/mol. The van der Waals surface area contributed by atoms with Crippen molar-refractivity contribution in [1.82, 2.24) is 14.8 Å². The van der Waals surface area contributed by atoms with Crippen molar-refractivity contribution in [2.24, 2.45) is 10.7 Å². The Hall–Kier alpha value is -2.86. The van der Waals surface area contributed by atoms with E-state index in [4.69, 9.17) is 17.3 Å². The van der Waals surface area contributed by atoms with Gasteiger partial charge in [-0.05, 0) is 55.5 Å². The SMILES string of the molecule is Cc1ccc(CN=C(N)Nc2ccc3c(c2)CCC3)c(-n2cc(Cl)cn2)n1. The van der Waals surface area contributed by atoms with Gasteiger partial charge in [0, 0.05) is 16.9 Å². The maximum absolute atomic E-state index is 6.10. The molecule has 6 nitrogen and oxygen atoms in total. The second-order valence-electron chi connectivity index (χ2n) is 6.70. The summed E-state index contributed by atoms with van der Waals surface area (Å²) in [6.07, 6.45) is 6.83. The topological polar surface area (TPSA) is 81.1 Å². The maximum atomic E-state index is 6.10. The molecule has 2 aromatic heterocycles. The van der Waals surface area contributed by atoms with Gasteiger partial charge in [0.05, 0.1) is 24.0 Å². The number of hydrogen-bond acceptors (Lipinski definition) is 3. The van der Waals surface area contributed by atoms with Crippen LogP contribution in [0.15, 0.2) is 47.7 Å². The number of nitrogens with one attached hydrogen (secondary N) is 1. The summed E-state index contributed by atoms with van der Waals surface area (Å²) in [5.74, 6) is 1.08. The first-order valence-corrected chi connectivity index (χ1v) is 9.32. The van der Waals surface area contributed by atoms with E-state index in [2.05, 4.69) is 38.6 Å². The van der Waals surface area contributed by atoms with E-state index in [0.29, 0.717) is 23.3 Å². The van der Waals surface area contributed by atoms with Gasteiger partial charge in [-0.3, -0.25) is 0 Å². The van der Waals surface area contributed by atoms with Gasteiger partial charge in [-0.1, -0.05) is 23.7 Å². The van der Waals surface area contributed by atoms with Crippen molar-refractivity contribution < 1.29 is 0 Å². The Morgan fingerprint density at radius 3 is 2.93 bits per heavy atom. The van der Waals surface area contributed by atoms with E-state index >= 15 is 0 Å². The lowest BCUT2D eigenvalue weighted by Crippen LogP contribution is -2.22. The van der Waals surface area contributed by atoms with Gasteiger partial charge in [0.1, 0.15) is 0 Å². The van der Waals surface area contributed by atoms with Crippen LogP contribution in [0.3, 0.4) is 0 Å². The minimum Gasteiger partial charge on any atom is -0.370 e. The van der Waals surface area contributed by atoms with Gasteiger partial charge in [-0.15, -0.1) is 0 Å². The maximum Gasteiger partial charge on any atom is 0.193 e. The lowest BCUT2D eigenvalue weighted by Gasteiger charge is -2.10. The number of benzene rings is 1. The number of nitrogens with zero attached hydrogens (tertiary/aromatic N) is 4. The molecule has 0 saturated heterocycles. The van der Waals surface area contributed by atoms with Crippen molar-refractivity contribution in [3.05, 3.63) is 70.1 Å². The molecule has 1 aliphatic carbocycles. The first-order valence-electron chi connectivity index (χ1n) is 8.94. The number of anilines is 1. The number of fused-ring (bicyclic) bond motifs is 1. The second kappa shape index (κ2) is 7.40. The number of rotatable bonds is 4. The highest BCUT2D eigenvalue weighted by Gasteiger charge is 2.11. The number of aliphatic imine (C=N–C) groups is 1. The van der Waals surface area contributed by atoms with Crippen molar-refractivity contribution in [2.75, 3.05) is 5.32 Å². The molecule has 7 heteroatoms. The fourth-order valence-electron chi connectivity index (χ4n) is 3.32. The Balaban J connectivity index is 1.52. The van der Waals surface area contributed by atoms with Crippen LogP contribution in [0.25, 0.3) is 5.82 Å². The van der Waals surface area contributed by atoms with Crippen LogP contribution in [0.5, 0.6) is 0 Å². The molecule has 0 bridgehead atoms. The van der Waals surface area contributed by atoms with E-state index < -0.39 is 0 Å². The highest BCUT2D eigenvalue weighted by molar-refractivity contribution is 6.30. The van der Waals surface area contributed by atoms with Crippen LogP contribution >= 0.6 is 11.6 Å². The number of aromatic nitrogens is 3. The molecule has 27 heavy (non-hydrogen) atoms. The molecule has 0 amide bonds. The van der Waals surface area contributed by atoms with Crippen LogP contribution in [-0.4, -0.2) is 20.7 Å². The Morgan fingerprint density at radius 1 is 1.26 bits per heavy atom. The van der Waals surface area contributed by atoms with E-state index in [9.17, 15) is 0 Å². The summed E-state index contributed by atoms with van der Waals surface area (Å²) < 4.78 is 1.66. The Labute approximate surface area is 163 Å². The van der Waals surface area contributed by atoms with E-state index in [1.807, 2.05) is 19.1 Å². The molecule has 1 aromatic carbocycles. The fraction of sp³-hybridized carbons (Fsp3) is 0.250. The summed E-state index contributed by atoms with van der Waals surface area (Å²) in [6, 6.07) is 10.3. The molecule has 3 aromatic rings. The molecule has 0 unspecified atom stereocenters. The highest BCUT2D eigenvalue weighted by atomic mass is 35.5. The normalized spacial score (nSPS) is 13.6. The van der Waals surface area contributed by atoms with Gasteiger partial charge in [0.2, 0.25) is 0 Å². The smallest absolute Gasteiger partial charge is 0.193 e. The third-order valence-corrected chi connectivity index (χ3v) is 4.85. The van der Waals surface area contributed by atoms with Gasteiger partial charge in [-0.25, -0.2) is 14.7 Å². The molecule has 2 heterocycles.